The molecule has 0 saturated heterocycles. The molecule has 0 radical (unpaired) electrons. The van der Waals surface area contributed by atoms with Gasteiger partial charge < -0.3 is 9.73 Å². The molecule has 2 nitrogen and oxygen atoms in total. The maximum Gasteiger partial charge on any atom is 0.169 e. The monoisotopic (exact) mass is 391 g/mol. The van der Waals surface area contributed by atoms with E-state index in [1.165, 1.54) is 0 Å². The van der Waals surface area contributed by atoms with Crippen LogP contribution in [-0.4, -0.2) is 6.54 Å². The molecule has 1 unspecified atom stereocenters. The van der Waals surface area contributed by atoms with Crippen LogP contribution in [0.2, 0.25) is 5.02 Å². The fraction of sp³-hybridized carbons (Fsp3) is 0.231. The number of furan rings is 1. The minimum absolute atomic E-state index is 0.00343. The van der Waals surface area contributed by atoms with Crippen LogP contribution in [0.4, 0.5) is 0 Å². The molecule has 0 aliphatic carbocycles. The van der Waals surface area contributed by atoms with Crippen LogP contribution >= 0.6 is 43.5 Å². The Kier molecular flexibility index (Phi) is 4.90. The second kappa shape index (κ2) is 6.24. The van der Waals surface area contributed by atoms with Gasteiger partial charge in [-0.1, -0.05) is 34.5 Å². The molecule has 1 atom stereocenters. The van der Waals surface area contributed by atoms with Crippen LogP contribution in [-0.2, 0) is 0 Å². The van der Waals surface area contributed by atoms with Crippen molar-refractivity contribution in [3.8, 4) is 0 Å². The lowest BCUT2D eigenvalue weighted by atomic mass is 10.0. The molecule has 2 aromatic rings. The van der Waals surface area contributed by atoms with Gasteiger partial charge in [0.1, 0.15) is 5.76 Å². The molecule has 1 heterocycles. The lowest BCUT2D eigenvalue weighted by Gasteiger charge is -2.16. The van der Waals surface area contributed by atoms with E-state index in [1.807, 2.05) is 30.3 Å². The number of rotatable bonds is 4. The van der Waals surface area contributed by atoms with Crippen LogP contribution in [0.25, 0.3) is 0 Å². The summed E-state index contributed by atoms with van der Waals surface area (Å²) in [5, 5.41) is 4.09. The second-order valence-electron chi connectivity index (χ2n) is 3.84. The van der Waals surface area contributed by atoms with Gasteiger partial charge in [0.15, 0.2) is 4.67 Å². The largest absolute Gasteiger partial charge is 0.452 e. The van der Waals surface area contributed by atoms with Crippen molar-refractivity contribution in [2.45, 2.75) is 13.0 Å². The van der Waals surface area contributed by atoms with E-state index in [2.05, 4.69) is 44.1 Å². The number of hydrogen-bond donors (Lipinski definition) is 1. The van der Waals surface area contributed by atoms with Crippen molar-refractivity contribution in [1.82, 2.24) is 5.32 Å². The second-order valence-corrected chi connectivity index (χ2v) is 5.97. The fourth-order valence-electron chi connectivity index (χ4n) is 1.81. The summed E-state index contributed by atoms with van der Waals surface area (Å²) in [5.74, 6) is 0.859. The van der Waals surface area contributed by atoms with Gasteiger partial charge in [-0.25, -0.2) is 0 Å². The molecule has 1 N–H and O–H groups in total. The first kappa shape index (κ1) is 14.1. The van der Waals surface area contributed by atoms with Gasteiger partial charge in [-0.15, -0.1) is 0 Å². The van der Waals surface area contributed by atoms with Crippen LogP contribution < -0.4 is 5.32 Å². The number of halogens is 3. The predicted molar refractivity (Wildman–Crippen MR) is 81.1 cm³/mol. The standard InChI is InChI=1S/C13H12Br2ClNO/c1-2-17-13(11-3-4-12(15)18-11)8-5-9(14)7-10(16)6-8/h3-7,13,17H,2H2,1H3. The number of nitrogens with one attached hydrogen (secondary N) is 1. The van der Waals surface area contributed by atoms with E-state index in [1.54, 1.807) is 0 Å². The molecule has 0 fully saturated rings. The van der Waals surface area contributed by atoms with Crippen LogP contribution in [0.3, 0.4) is 0 Å². The van der Waals surface area contributed by atoms with Gasteiger partial charge in [0.05, 0.1) is 6.04 Å². The zero-order chi connectivity index (χ0) is 13.1. The topological polar surface area (TPSA) is 25.2 Å². The summed E-state index contributed by atoms with van der Waals surface area (Å²) in [6, 6.07) is 9.68. The summed E-state index contributed by atoms with van der Waals surface area (Å²) >= 11 is 12.9. The van der Waals surface area contributed by atoms with Crippen molar-refractivity contribution in [3.05, 3.63) is 55.8 Å². The van der Waals surface area contributed by atoms with Crippen molar-refractivity contribution in [1.29, 1.82) is 0 Å². The first-order chi connectivity index (χ1) is 8.60. The van der Waals surface area contributed by atoms with Crippen LogP contribution in [0.15, 0.2) is 43.9 Å². The average Bonchev–Trinajstić information content (AvgIpc) is 2.71. The lowest BCUT2D eigenvalue weighted by Crippen LogP contribution is -2.21. The summed E-state index contributed by atoms with van der Waals surface area (Å²) in [7, 11) is 0. The lowest BCUT2D eigenvalue weighted by molar-refractivity contribution is 0.437. The van der Waals surface area contributed by atoms with Gasteiger partial charge in [-0.3, -0.25) is 0 Å². The van der Waals surface area contributed by atoms with Crippen molar-refractivity contribution in [2.24, 2.45) is 0 Å². The molecular formula is C13H12Br2ClNO. The Morgan fingerprint density at radius 1 is 1.28 bits per heavy atom. The molecule has 1 aromatic heterocycles. The van der Waals surface area contributed by atoms with Crippen molar-refractivity contribution in [3.63, 3.8) is 0 Å². The van der Waals surface area contributed by atoms with Gasteiger partial charge in [0.25, 0.3) is 0 Å². The molecule has 0 saturated carbocycles. The summed E-state index contributed by atoms with van der Waals surface area (Å²) in [4.78, 5) is 0. The van der Waals surface area contributed by atoms with E-state index >= 15 is 0 Å². The van der Waals surface area contributed by atoms with Gasteiger partial charge in [0.2, 0.25) is 0 Å². The highest BCUT2D eigenvalue weighted by atomic mass is 79.9. The molecule has 2 rings (SSSR count). The molecule has 0 amide bonds. The third-order valence-electron chi connectivity index (χ3n) is 2.50. The highest BCUT2D eigenvalue weighted by Crippen LogP contribution is 2.30. The van der Waals surface area contributed by atoms with Gasteiger partial charge >= 0.3 is 0 Å². The third-order valence-corrected chi connectivity index (χ3v) is 3.61. The molecule has 96 valence electrons. The molecule has 18 heavy (non-hydrogen) atoms. The van der Waals surface area contributed by atoms with Gasteiger partial charge in [-0.05, 0) is 58.4 Å². The van der Waals surface area contributed by atoms with Gasteiger partial charge in [-0.2, -0.15) is 0 Å². The summed E-state index contributed by atoms with van der Waals surface area (Å²) in [5.41, 5.74) is 1.07. The zero-order valence-electron chi connectivity index (χ0n) is 9.71. The first-order valence-electron chi connectivity index (χ1n) is 5.54. The van der Waals surface area contributed by atoms with E-state index in [0.29, 0.717) is 5.02 Å². The number of hydrogen-bond acceptors (Lipinski definition) is 2. The maximum absolute atomic E-state index is 6.09. The van der Waals surface area contributed by atoms with E-state index in [-0.39, 0.29) is 6.04 Å². The van der Waals surface area contributed by atoms with Crippen molar-refractivity contribution in [2.75, 3.05) is 6.54 Å². The maximum atomic E-state index is 6.09. The molecule has 0 bridgehead atoms. The minimum atomic E-state index is -0.00343. The summed E-state index contributed by atoms with van der Waals surface area (Å²) < 4.78 is 7.31. The van der Waals surface area contributed by atoms with Crippen LogP contribution in [0, 0.1) is 0 Å². The van der Waals surface area contributed by atoms with Crippen molar-refractivity contribution < 1.29 is 4.42 Å². The molecular weight excluding hydrogens is 381 g/mol. The third kappa shape index (κ3) is 3.38. The highest BCUT2D eigenvalue weighted by molar-refractivity contribution is 9.10. The molecule has 5 heteroatoms. The SMILES string of the molecule is CCNC(c1cc(Cl)cc(Br)c1)c1ccc(Br)o1. The van der Waals surface area contributed by atoms with Crippen molar-refractivity contribution >= 4 is 43.5 Å². The highest BCUT2D eigenvalue weighted by Gasteiger charge is 2.17. The number of benzene rings is 1. The minimum Gasteiger partial charge on any atom is -0.452 e. The molecule has 0 aliphatic rings. The molecule has 0 spiro atoms. The van der Waals surface area contributed by atoms with E-state index in [4.69, 9.17) is 16.0 Å². The summed E-state index contributed by atoms with van der Waals surface area (Å²) in [6.07, 6.45) is 0. The molecule has 0 aliphatic heterocycles. The Bertz CT molecular complexity index is 521. The first-order valence-corrected chi connectivity index (χ1v) is 7.51. The molecule has 1 aromatic carbocycles. The Morgan fingerprint density at radius 3 is 2.61 bits per heavy atom. The zero-order valence-corrected chi connectivity index (χ0v) is 13.6. The predicted octanol–water partition coefficient (Wildman–Crippen LogP) is 5.16. The fourth-order valence-corrected chi connectivity index (χ4v) is 3.02. The Labute approximate surface area is 128 Å². The Hall–Kier alpha value is -0.290. The van der Waals surface area contributed by atoms with Gasteiger partial charge in [0, 0.05) is 9.50 Å². The summed E-state index contributed by atoms with van der Waals surface area (Å²) in [6.45, 7) is 2.90. The van der Waals surface area contributed by atoms with Crippen LogP contribution in [0.1, 0.15) is 24.3 Å². The van der Waals surface area contributed by atoms with Crippen LogP contribution in [0.5, 0.6) is 0 Å². The Morgan fingerprint density at radius 2 is 2.06 bits per heavy atom. The van der Waals surface area contributed by atoms with E-state index in [0.717, 1.165) is 27.0 Å². The quantitative estimate of drug-likeness (QED) is 0.776. The average molecular weight is 394 g/mol. The Balaban J connectivity index is 2.40. The smallest absolute Gasteiger partial charge is 0.169 e. The normalized spacial score (nSPS) is 12.7. The van der Waals surface area contributed by atoms with E-state index in [9.17, 15) is 0 Å². The van der Waals surface area contributed by atoms with E-state index < -0.39 is 0 Å².